The van der Waals surface area contributed by atoms with E-state index in [1.807, 2.05) is 0 Å². The molecule has 0 aliphatic rings. The fourth-order valence-corrected chi connectivity index (χ4v) is 2.09. The van der Waals surface area contributed by atoms with Gasteiger partial charge in [0.25, 0.3) is 0 Å². The standard InChI is InChI=1S/C13H17FN4O/c1-8-6-9(4-5-10(8)14)12(17-15)13-11(19-3)7-16-18(13)2/h4-7,12,17H,15H2,1-3H3. The Labute approximate surface area is 111 Å². The predicted octanol–water partition coefficient (Wildman–Crippen LogP) is 1.43. The van der Waals surface area contributed by atoms with Crippen LogP contribution in [0.4, 0.5) is 4.39 Å². The van der Waals surface area contributed by atoms with Crippen LogP contribution in [-0.2, 0) is 7.05 Å². The Morgan fingerprint density at radius 3 is 2.79 bits per heavy atom. The Balaban J connectivity index is 2.49. The third-order valence-electron chi connectivity index (χ3n) is 3.12. The van der Waals surface area contributed by atoms with E-state index >= 15 is 0 Å². The Morgan fingerprint density at radius 1 is 1.47 bits per heavy atom. The molecule has 1 heterocycles. The van der Waals surface area contributed by atoms with E-state index in [2.05, 4.69) is 10.5 Å². The van der Waals surface area contributed by atoms with Crippen molar-refractivity contribution in [2.24, 2.45) is 12.9 Å². The topological polar surface area (TPSA) is 65.1 Å². The molecular weight excluding hydrogens is 247 g/mol. The summed E-state index contributed by atoms with van der Waals surface area (Å²) in [4.78, 5) is 0. The summed E-state index contributed by atoms with van der Waals surface area (Å²) in [6.45, 7) is 1.72. The van der Waals surface area contributed by atoms with Gasteiger partial charge < -0.3 is 4.74 Å². The Morgan fingerprint density at radius 2 is 2.21 bits per heavy atom. The highest BCUT2D eigenvalue weighted by Gasteiger charge is 2.21. The molecule has 102 valence electrons. The zero-order valence-electron chi connectivity index (χ0n) is 11.1. The molecule has 0 spiro atoms. The fraction of sp³-hybridized carbons (Fsp3) is 0.308. The normalized spacial score (nSPS) is 12.5. The van der Waals surface area contributed by atoms with E-state index in [1.54, 1.807) is 44.1 Å². The number of halogens is 1. The number of benzene rings is 1. The van der Waals surface area contributed by atoms with Gasteiger partial charge in [-0.05, 0) is 24.1 Å². The van der Waals surface area contributed by atoms with Gasteiger partial charge >= 0.3 is 0 Å². The van der Waals surface area contributed by atoms with Gasteiger partial charge in [0.1, 0.15) is 11.5 Å². The van der Waals surface area contributed by atoms with Gasteiger partial charge in [-0.3, -0.25) is 10.5 Å². The van der Waals surface area contributed by atoms with Crippen LogP contribution in [0.15, 0.2) is 24.4 Å². The van der Waals surface area contributed by atoms with Gasteiger partial charge in [0, 0.05) is 7.05 Å². The first kappa shape index (κ1) is 13.5. The first-order valence-electron chi connectivity index (χ1n) is 5.86. The average Bonchev–Trinajstić information content (AvgIpc) is 2.76. The lowest BCUT2D eigenvalue weighted by Gasteiger charge is -2.18. The molecule has 0 radical (unpaired) electrons. The van der Waals surface area contributed by atoms with Crippen LogP contribution < -0.4 is 16.0 Å². The zero-order valence-corrected chi connectivity index (χ0v) is 11.1. The van der Waals surface area contributed by atoms with Gasteiger partial charge in [0.2, 0.25) is 0 Å². The largest absolute Gasteiger partial charge is 0.493 e. The van der Waals surface area contributed by atoms with Crippen molar-refractivity contribution in [3.8, 4) is 5.75 Å². The van der Waals surface area contributed by atoms with Crippen molar-refractivity contribution in [3.05, 3.63) is 47.0 Å². The van der Waals surface area contributed by atoms with Crippen molar-refractivity contribution in [2.45, 2.75) is 13.0 Å². The SMILES string of the molecule is COc1cnn(C)c1C(NN)c1ccc(F)c(C)c1. The van der Waals surface area contributed by atoms with Crippen LogP contribution in [0.1, 0.15) is 22.9 Å². The molecule has 0 aliphatic carbocycles. The van der Waals surface area contributed by atoms with E-state index in [9.17, 15) is 4.39 Å². The highest BCUT2D eigenvalue weighted by Crippen LogP contribution is 2.29. The summed E-state index contributed by atoms with van der Waals surface area (Å²) >= 11 is 0. The van der Waals surface area contributed by atoms with Gasteiger partial charge in [-0.15, -0.1) is 0 Å². The Hall–Kier alpha value is -1.92. The molecule has 0 bridgehead atoms. The van der Waals surface area contributed by atoms with Crippen molar-refractivity contribution in [3.63, 3.8) is 0 Å². The quantitative estimate of drug-likeness (QED) is 0.647. The lowest BCUT2D eigenvalue weighted by Crippen LogP contribution is -2.30. The van der Waals surface area contributed by atoms with Gasteiger partial charge in [-0.2, -0.15) is 5.10 Å². The summed E-state index contributed by atoms with van der Waals surface area (Å²) < 4.78 is 20.3. The number of nitrogens with two attached hydrogens (primary N) is 1. The number of nitrogens with zero attached hydrogens (tertiary/aromatic N) is 2. The van der Waals surface area contributed by atoms with E-state index in [4.69, 9.17) is 10.6 Å². The minimum atomic E-state index is -0.318. The van der Waals surface area contributed by atoms with Crippen LogP contribution in [0.5, 0.6) is 5.75 Å². The summed E-state index contributed by atoms with van der Waals surface area (Å²) in [7, 11) is 3.38. The van der Waals surface area contributed by atoms with Gasteiger partial charge in [-0.1, -0.05) is 12.1 Å². The van der Waals surface area contributed by atoms with Crippen molar-refractivity contribution in [1.82, 2.24) is 15.2 Å². The Kier molecular flexibility index (Phi) is 3.82. The number of hydrazine groups is 1. The second-order valence-electron chi connectivity index (χ2n) is 4.33. The molecule has 0 saturated carbocycles. The third kappa shape index (κ3) is 2.45. The zero-order chi connectivity index (χ0) is 14.0. The smallest absolute Gasteiger partial charge is 0.161 e. The molecule has 6 heteroatoms. The molecule has 0 amide bonds. The van der Waals surface area contributed by atoms with Crippen LogP contribution in [0, 0.1) is 12.7 Å². The second-order valence-corrected chi connectivity index (χ2v) is 4.33. The lowest BCUT2D eigenvalue weighted by atomic mass is 10.0. The molecule has 5 nitrogen and oxygen atoms in total. The van der Waals surface area contributed by atoms with Gasteiger partial charge in [-0.25, -0.2) is 9.82 Å². The van der Waals surface area contributed by atoms with Crippen LogP contribution in [0.25, 0.3) is 0 Å². The summed E-state index contributed by atoms with van der Waals surface area (Å²) in [5, 5.41) is 4.14. The van der Waals surface area contributed by atoms with Crippen molar-refractivity contribution in [1.29, 1.82) is 0 Å². The number of methoxy groups -OCH3 is 1. The van der Waals surface area contributed by atoms with Gasteiger partial charge in [0.05, 0.1) is 19.3 Å². The van der Waals surface area contributed by atoms with Gasteiger partial charge in [0.15, 0.2) is 5.75 Å². The molecule has 2 rings (SSSR count). The number of aryl methyl sites for hydroxylation is 2. The molecule has 1 aromatic heterocycles. The van der Waals surface area contributed by atoms with E-state index in [0.717, 1.165) is 11.3 Å². The number of hydrogen-bond donors (Lipinski definition) is 2. The fourth-order valence-electron chi connectivity index (χ4n) is 2.09. The molecule has 19 heavy (non-hydrogen) atoms. The molecule has 3 N–H and O–H groups in total. The van der Waals surface area contributed by atoms with E-state index in [1.165, 1.54) is 6.07 Å². The average molecular weight is 264 g/mol. The molecule has 0 fully saturated rings. The van der Waals surface area contributed by atoms with Crippen LogP contribution >= 0.6 is 0 Å². The first-order chi connectivity index (χ1) is 9.08. The van der Waals surface area contributed by atoms with Crippen LogP contribution in [-0.4, -0.2) is 16.9 Å². The molecule has 2 aromatic rings. The summed E-state index contributed by atoms with van der Waals surface area (Å²) in [6.07, 6.45) is 1.62. The minimum absolute atomic E-state index is 0.239. The maximum atomic E-state index is 13.3. The molecule has 1 atom stereocenters. The number of rotatable bonds is 4. The lowest BCUT2D eigenvalue weighted by molar-refractivity contribution is 0.401. The summed E-state index contributed by atoms with van der Waals surface area (Å²) in [6, 6.07) is 4.56. The third-order valence-corrected chi connectivity index (χ3v) is 3.12. The number of hydrogen-bond acceptors (Lipinski definition) is 4. The maximum absolute atomic E-state index is 13.3. The number of ether oxygens (including phenoxy) is 1. The number of aromatic nitrogens is 2. The van der Waals surface area contributed by atoms with Crippen molar-refractivity contribution >= 4 is 0 Å². The van der Waals surface area contributed by atoms with Crippen LogP contribution in [0.3, 0.4) is 0 Å². The monoisotopic (exact) mass is 264 g/mol. The molecule has 1 unspecified atom stereocenters. The van der Waals surface area contributed by atoms with E-state index < -0.39 is 0 Å². The van der Waals surface area contributed by atoms with E-state index in [-0.39, 0.29) is 11.9 Å². The highest BCUT2D eigenvalue weighted by molar-refractivity contribution is 5.37. The molecule has 0 aliphatic heterocycles. The maximum Gasteiger partial charge on any atom is 0.161 e. The summed E-state index contributed by atoms with van der Waals surface area (Å²) in [5.41, 5.74) is 4.93. The van der Waals surface area contributed by atoms with Crippen LogP contribution in [0.2, 0.25) is 0 Å². The van der Waals surface area contributed by atoms with E-state index in [0.29, 0.717) is 11.3 Å². The summed E-state index contributed by atoms with van der Waals surface area (Å²) in [5.74, 6) is 6.03. The minimum Gasteiger partial charge on any atom is -0.493 e. The number of nitrogens with one attached hydrogen (secondary N) is 1. The molecule has 1 aromatic carbocycles. The van der Waals surface area contributed by atoms with Crippen molar-refractivity contribution in [2.75, 3.05) is 7.11 Å². The first-order valence-corrected chi connectivity index (χ1v) is 5.86. The molecule has 0 saturated heterocycles. The Bertz CT molecular complexity index is 582. The second kappa shape index (κ2) is 5.38. The van der Waals surface area contributed by atoms with Crippen molar-refractivity contribution < 1.29 is 9.13 Å². The predicted molar refractivity (Wildman–Crippen MR) is 70.1 cm³/mol. The molecular formula is C13H17FN4O. The highest BCUT2D eigenvalue weighted by atomic mass is 19.1.